The maximum atomic E-state index is 10.8. The van der Waals surface area contributed by atoms with Gasteiger partial charge in [0.05, 0.1) is 0 Å². The quantitative estimate of drug-likeness (QED) is 0.513. The zero-order chi connectivity index (χ0) is 12.4. The molecule has 1 nitrogen and oxygen atoms in total. The lowest BCUT2D eigenvalue weighted by atomic mass is 9.93. The molecule has 1 heteroatoms. The van der Waals surface area contributed by atoms with Crippen LogP contribution >= 0.6 is 0 Å². The second kappa shape index (κ2) is 9.86. The first-order chi connectivity index (χ1) is 7.56. The molecule has 0 aliphatic rings. The van der Waals surface area contributed by atoms with E-state index in [4.69, 9.17) is 0 Å². The van der Waals surface area contributed by atoms with Gasteiger partial charge < -0.3 is 4.79 Å². The van der Waals surface area contributed by atoms with Crippen molar-refractivity contribution in [2.24, 2.45) is 11.8 Å². The molecule has 0 N–H and O–H groups in total. The molecule has 0 bridgehead atoms. The van der Waals surface area contributed by atoms with Gasteiger partial charge in [0.15, 0.2) is 0 Å². The van der Waals surface area contributed by atoms with E-state index in [1.165, 1.54) is 38.5 Å². The van der Waals surface area contributed by atoms with Crippen molar-refractivity contribution < 1.29 is 4.79 Å². The maximum Gasteiger partial charge on any atom is 0.129 e. The van der Waals surface area contributed by atoms with Crippen LogP contribution < -0.4 is 0 Å². The van der Waals surface area contributed by atoms with Gasteiger partial charge in [0.25, 0.3) is 0 Å². The Morgan fingerprint density at radius 3 is 1.94 bits per heavy atom. The smallest absolute Gasteiger partial charge is 0.129 e. The van der Waals surface area contributed by atoms with E-state index in [9.17, 15) is 4.79 Å². The molecule has 0 aromatic carbocycles. The number of Topliss-reactive ketones (excluding diaryl/α,β-unsaturated/α-hetero) is 1. The number of rotatable bonds is 10. The van der Waals surface area contributed by atoms with Crippen LogP contribution in [0.15, 0.2) is 0 Å². The monoisotopic (exact) mass is 226 g/mol. The van der Waals surface area contributed by atoms with Crippen molar-refractivity contribution in [2.75, 3.05) is 0 Å². The van der Waals surface area contributed by atoms with Crippen molar-refractivity contribution in [3.8, 4) is 0 Å². The molecule has 0 aromatic rings. The Hall–Kier alpha value is -0.330. The summed E-state index contributed by atoms with van der Waals surface area (Å²) in [4.78, 5) is 10.8. The summed E-state index contributed by atoms with van der Waals surface area (Å²) in [7, 11) is 0. The Labute approximate surface area is 102 Å². The second-order valence-corrected chi connectivity index (χ2v) is 5.52. The molecule has 0 spiro atoms. The Balaban J connectivity index is 3.36. The highest BCUT2D eigenvalue weighted by molar-refractivity contribution is 5.75. The number of carbonyl (C=O) groups is 1. The van der Waals surface area contributed by atoms with Crippen molar-refractivity contribution >= 4 is 5.78 Å². The van der Waals surface area contributed by atoms with E-state index in [0.29, 0.717) is 5.78 Å². The molecule has 16 heavy (non-hydrogen) atoms. The SMILES string of the molecule is CCCC(C)CCCC(C)CCCC(C)=O. The Bertz CT molecular complexity index is 174. The van der Waals surface area contributed by atoms with Crippen LogP contribution in [0.2, 0.25) is 0 Å². The second-order valence-electron chi connectivity index (χ2n) is 5.52. The van der Waals surface area contributed by atoms with E-state index >= 15 is 0 Å². The third-order valence-corrected chi connectivity index (χ3v) is 3.40. The van der Waals surface area contributed by atoms with Crippen LogP contribution in [0.3, 0.4) is 0 Å². The van der Waals surface area contributed by atoms with Crippen LogP contribution in [0.25, 0.3) is 0 Å². The lowest BCUT2D eigenvalue weighted by Crippen LogP contribution is -2.00. The molecule has 0 radical (unpaired) electrons. The molecule has 0 aromatic heterocycles. The summed E-state index contributed by atoms with van der Waals surface area (Å²) in [6.07, 6.45) is 9.85. The van der Waals surface area contributed by atoms with E-state index in [1.54, 1.807) is 6.92 Å². The molecular weight excluding hydrogens is 196 g/mol. The summed E-state index contributed by atoms with van der Waals surface area (Å²) < 4.78 is 0. The van der Waals surface area contributed by atoms with Gasteiger partial charge >= 0.3 is 0 Å². The van der Waals surface area contributed by atoms with E-state index in [0.717, 1.165) is 24.7 Å². The van der Waals surface area contributed by atoms with Crippen LogP contribution in [0.1, 0.15) is 79.1 Å². The van der Waals surface area contributed by atoms with Crippen LogP contribution in [0, 0.1) is 11.8 Å². The molecule has 0 aliphatic carbocycles. The molecule has 0 fully saturated rings. The van der Waals surface area contributed by atoms with Gasteiger partial charge in [0, 0.05) is 6.42 Å². The molecule has 96 valence electrons. The Kier molecular flexibility index (Phi) is 9.66. The number of hydrogen-bond donors (Lipinski definition) is 0. The van der Waals surface area contributed by atoms with Crippen molar-refractivity contribution in [2.45, 2.75) is 79.1 Å². The van der Waals surface area contributed by atoms with E-state index < -0.39 is 0 Å². The van der Waals surface area contributed by atoms with Gasteiger partial charge in [-0.15, -0.1) is 0 Å². The molecular formula is C15H30O. The van der Waals surface area contributed by atoms with Gasteiger partial charge in [-0.25, -0.2) is 0 Å². The molecule has 2 unspecified atom stereocenters. The highest BCUT2D eigenvalue weighted by Gasteiger charge is 2.05. The molecule has 2 atom stereocenters. The summed E-state index contributed by atoms with van der Waals surface area (Å²) in [5, 5.41) is 0. The average Bonchev–Trinajstić information content (AvgIpc) is 2.17. The summed E-state index contributed by atoms with van der Waals surface area (Å²) in [6.45, 7) is 8.65. The number of ketones is 1. The summed E-state index contributed by atoms with van der Waals surface area (Å²) in [5.74, 6) is 2.03. The fraction of sp³-hybridized carbons (Fsp3) is 0.933. The minimum atomic E-state index is 0.337. The van der Waals surface area contributed by atoms with E-state index in [-0.39, 0.29) is 0 Å². The van der Waals surface area contributed by atoms with Crippen molar-refractivity contribution in [1.82, 2.24) is 0 Å². The summed E-state index contributed by atoms with van der Waals surface area (Å²) in [6, 6.07) is 0. The van der Waals surface area contributed by atoms with Gasteiger partial charge in [-0.2, -0.15) is 0 Å². The lowest BCUT2D eigenvalue weighted by molar-refractivity contribution is -0.117. The Morgan fingerprint density at radius 1 is 0.938 bits per heavy atom. The van der Waals surface area contributed by atoms with Crippen LogP contribution in [0.4, 0.5) is 0 Å². The van der Waals surface area contributed by atoms with Crippen molar-refractivity contribution in [3.63, 3.8) is 0 Å². The number of hydrogen-bond acceptors (Lipinski definition) is 1. The minimum absolute atomic E-state index is 0.337. The molecule has 0 saturated carbocycles. The van der Waals surface area contributed by atoms with Crippen LogP contribution in [0.5, 0.6) is 0 Å². The third-order valence-electron chi connectivity index (χ3n) is 3.40. The molecule has 0 heterocycles. The van der Waals surface area contributed by atoms with Crippen molar-refractivity contribution in [3.05, 3.63) is 0 Å². The standard InChI is InChI=1S/C15H30O/c1-5-8-13(2)9-6-10-14(3)11-7-12-15(4)16/h13-14H,5-12H2,1-4H3. The molecule has 0 saturated heterocycles. The van der Waals surface area contributed by atoms with E-state index in [1.807, 2.05) is 0 Å². The normalized spacial score (nSPS) is 14.8. The van der Waals surface area contributed by atoms with Crippen LogP contribution in [-0.2, 0) is 4.79 Å². The third kappa shape index (κ3) is 10.2. The zero-order valence-corrected chi connectivity index (χ0v) is 11.7. The van der Waals surface area contributed by atoms with Gasteiger partial charge in [-0.1, -0.05) is 59.3 Å². The van der Waals surface area contributed by atoms with Gasteiger partial charge in [0.2, 0.25) is 0 Å². The van der Waals surface area contributed by atoms with Gasteiger partial charge in [0.1, 0.15) is 5.78 Å². The lowest BCUT2D eigenvalue weighted by Gasteiger charge is -2.13. The minimum Gasteiger partial charge on any atom is -0.300 e. The van der Waals surface area contributed by atoms with E-state index in [2.05, 4.69) is 20.8 Å². The Morgan fingerprint density at radius 2 is 1.44 bits per heavy atom. The van der Waals surface area contributed by atoms with Gasteiger partial charge in [-0.3, -0.25) is 0 Å². The summed E-state index contributed by atoms with van der Waals surface area (Å²) >= 11 is 0. The fourth-order valence-corrected chi connectivity index (χ4v) is 2.30. The first-order valence-corrected chi connectivity index (χ1v) is 7.05. The average molecular weight is 226 g/mol. The predicted octanol–water partition coefficient (Wildman–Crippen LogP) is 4.99. The highest BCUT2D eigenvalue weighted by atomic mass is 16.1. The summed E-state index contributed by atoms with van der Waals surface area (Å²) in [5.41, 5.74) is 0. The van der Waals surface area contributed by atoms with Crippen LogP contribution in [-0.4, -0.2) is 5.78 Å². The predicted molar refractivity (Wildman–Crippen MR) is 71.6 cm³/mol. The van der Waals surface area contributed by atoms with Crippen molar-refractivity contribution in [1.29, 1.82) is 0 Å². The first kappa shape index (κ1) is 15.7. The maximum absolute atomic E-state index is 10.8. The first-order valence-electron chi connectivity index (χ1n) is 7.05. The highest BCUT2D eigenvalue weighted by Crippen LogP contribution is 2.19. The fourth-order valence-electron chi connectivity index (χ4n) is 2.30. The number of carbonyl (C=O) groups excluding carboxylic acids is 1. The zero-order valence-electron chi connectivity index (χ0n) is 11.7. The molecule has 0 rings (SSSR count). The topological polar surface area (TPSA) is 17.1 Å². The molecule has 0 aliphatic heterocycles. The van der Waals surface area contributed by atoms with Gasteiger partial charge in [-0.05, 0) is 25.2 Å². The molecule has 0 amide bonds. The largest absolute Gasteiger partial charge is 0.300 e.